The monoisotopic (exact) mass is 250 g/mol. The molecule has 2 heteroatoms. The second-order valence-corrected chi connectivity index (χ2v) is 5.38. The molecule has 1 rings (SSSR count). The average Bonchev–Trinajstić information content (AvgIpc) is 2.30. The van der Waals surface area contributed by atoms with Crippen LogP contribution < -0.4 is 5.30 Å². The fourth-order valence-electron chi connectivity index (χ4n) is 1.26. The van der Waals surface area contributed by atoms with Gasteiger partial charge in [0.2, 0.25) is 0 Å². The first-order valence-corrected chi connectivity index (χ1v) is 6.66. The van der Waals surface area contributed by atoms with Gasteiger partial charge in [0.1, 0.15) is 0 Å². The Hall–Kier alpha value is -0.840. The van der Waals surface area contributed by atoms with Crippen LogP contribution in [0.15, 0.2) is 55.1 Å². The summed E-state index contributed by atoms with van der Waals surface area (Å²) in [7, 11) is 1.14. The van der Waals surface area contributed by atoms with Crippen molar-refractivity contribution in [2.75, 3.05) is 0 Å². The summed E-state index contributed by atoms with van der Waals surface area (Å²) < 4.78 is 1.01. The maximum atomic E-state index is 6.19. The lowest BCUT2D eigenvalue weighted by Gasteiger charge is -1.97. The van der Waals surface area contributed by atoms with E-state index in [1.807, 2.05) is 24.3 Å². The number of rotatable bonds is 6. The number of allylic oxidation sites excluding steroid dienone is 3. The number of benzene rings is 1. The second-order valence-electron chi connectivity index (χ2n) is 3.38. The van der Waals surface area contributed by atoms with E-state index in [0.717, 1.165) is 32.2 Å². The highest BCUT2D eigenvalue weighted by atomic mass is 35.5. The molecule has 16 heavy (non-hydrogen) atoms. The summed E-state index contributed by atoms with van der Waals surface area (Å²) in [5, 5.41) is 1.26. The molecule has 0 saturated carbocycles. The van der Waals surface area contributed by atoms with Crippen molar-refractivity contribution in [2.45, 2.75) is 19.3 Å². The van der Waals surface area contributed by atoms with Crippen molar-refractivity contribution < 1.29 is 0 Å². The first kappa shape index (κ1) is 13.2. The molecule has 0 nitrogen and oxygen atoms in total. The minimum Gasteiger partial charge on any atom is -0.0991 e. The Kier molecular flexibility index (Phi) is 6.88. The Labute approximate surface area is 104 Å². The molecule has 1 aromatic rings. The highest BCUT2D eigenvalue weighted by Crippen LogP contribution is 2.11. The van der Waals surface area contributed by atoms with Crippen molar-refractivity contribution in [1.82, 2.24) is 0 Å². The van der Waals surface area contributed by atoms with Crippen molar-refractivity contribution in [3.05, 3.63) is 55.1 Å². The van der Waals surface area contributed by atoms with Gasteiger partial charge in [-0.1, -0.05) is 74.9 Å². The van der Waals surface area contributed by atoms with Crippen LogP contribution in [0.5, 0.6) is 0 Å². The summed E-state index contributed by atoms with van der Waals surface area (Å²) in [5.74, 6) is 0. The third kappa shape index (κ3) is 5.90. The van der Waals surface area contributed by atoms with Gasteiger partial charge in [0.15, 0.2) is 0 Å². The molecule has 0 saturated heterocycles. The third-order valence-corrected chi connectivity index (χ3v) is 3.50. The van der Waals surface area contributed by atoms with E-state index in [1.54, 1.807) is 6.08 Å². The van der Waals surface area contributed by atoms with Gasteiger partial charge in [-0.2, -0.15) is 0 Å². The van der Waals surface area contributed by atoms with Crippen molar-refractivity contribution in [3.8, 4) is 0 Å². The summed E-state index contributed by atoms with van der Waals surface area (Å²) >= 11 is 6.19. The van der Waals surface area contributed by atoms with E-state index in [4.69, 9.17) is 11.6 Å². The maximum Gasteiger partial charge on any atom is 0.0458 e. The molecule has 0 fully saturated rings. The fourth-order valence-corrected chi connectivity index (χ4v) is 2.55. The van der Waals surface area contributed by atoms with Gasteiger partial charge in [-0.15, -0.1) is 0 Å². The highest BCUT2D eigenvalue weighted by Gasteiger charge is 1.94. The molecule has 0 spiro atoms. The minimum absolute atomic E-state index is 0.972. The van der Waals surface area contributed by atoms with Crippen LogP contribution in [0.4, 0.5) is 0 Å². The van der Waals surface area contributed by atoms with E-state index in [0.29, 0.717) is 0 Å². The molecule has 0 heterocycles. The molecule has 0 bridgehead atoms. The van der Waals surface area contributed by atoms with Gasteiger partial charge >= 0.3 is 0 Å². The summed E-state index contributed by atoms with van der Waals surface area (Å²) in [6, 6.07) is 10.3. The molecule has 0 atom stereocenters. The average molecular weight is 251 g/mol. The predicted molar refractivity (Wildman–Crippen MR) is 77.0 cm³/mol. The number of hydrogen-bond acceptors (Lipinski definition) is 0. The quantitative estimate of drug-likeness (QED) is 0.395. The zero-order chi connectivity index (χ0) is 11.6. The molecule has 0 unspecified atom stereocenters. The molecule has 0 amide bonds. The largest absolute Gasteiger partial charge is 0.0991 e. The van der Waals surface area contributed by atoms with Crippen LogP contribution in [-0.2, 0) is 0 Å². The molecule has 0 aliphatic rings. The summed E-state index contributed by atoms with van der Waals surface area (Å²) in [5.41, 5.74) is 0. The van der Waals surface area contributed by atoms with Gasteiger partial charge in [-0.3, -0.25) is 0 Å². The molecule has 1 aromatic carbocycles. The topological polar surface area (TPSA) is 0 Å². The Morgan fingerprint density at radius 2 is 2.06 bits per heavy atom. The zero-order valence-electron chi connectivity index (χ0n) is 9.27. The van der Waals surface area contributed by atoms with E-state index in [-0.39, 0.29) is 0 Å². The van der Waals surface area contributed by atoms with E-state index in [9.17, 15) is 0 Å². The molecular formula is C14H16ClP. The molecule has 84 valence electrons. The normalized spacial score (nSPS) is 11.9. The zero-order valence-corrected chi connectivity index (χ0v) is 10.9. The molecule has 0 N–H and O–H groups in total. The molecule has 0 aliphatic carbocycles. The van der Waals surface area contributed by atoms with E-state index in [1.165, 1.54) is 5.30 Å². The SMILES string of the molecule is C=C/C=C/CCCC(Cl)=Pc1ccccc1. The fraction of sp³-hybridized carbons (Fsp3) is 0.214. The molecule has 0 aliphatic heterocycles. The summed E-state index contributed by atoms with van der Waals surface area (Å²) in [4.78, 5) is 0. The third-order valence-electron chi connectivity index (χ3n) is 2.03. The lowest BCUT2D eigenvalue weighted by molar-refractivity contribution is 0.906. The summed E-state index contributed by atoms with van der Waals surface area (Å²) in [6.07, 6.45) is 9.03. The Bertz CT molecular complexity index is 366. The smallest absolute Gasteiger partial charge is 0.0458 e. The van der Waals surface area contributed by atoms with Gasteiger partial charge < -0.3 is 0 Å². The minimum atomic E-state index is 0.972. The Morgan fingerprint density at radius 3 is 2.75 bits per heavy atom. The van der Waals surface area contributed by atoms with Crippen molar-refractivity contribution in [3.63, 3.8) is 0 Å². The van der Waals surface area contributed by atoms with Gasteiger partial charge in [0.05, 0.1) is 0 Å². The molecule has 0 aromatic heterocycles. The van der Waals surface area contributed by atoms with Crippen LogP contribution in [0.25, 0.3) is 0 Å². The number of halogens is 1. The first-order valence-electron chi connectivity index (χ1n) is 5.38. The molecule has 0 radical (unpaired) electrons. The van der Waals surface area contributed by atoms with Crippen LogP contribution in [-0.4, -0.2) is 4.75 Å². The lowest BCUT2D eigenvalue weighted by Crippen LogP contribution is -1.92. The van der Waals surface area contributed by atoms with Crippen molar-refractivity contribution >= 4 is 29.9 Å². The predicted octanol–water partition coefficient (Wildman–Crippen LogP) is 4.54. The van der Waals surface area contributed by atoms with E-state index < -0.39 is 0 Å². The first-order chi connectivity index (χ1) is 7.83. The van der Waals surface area contributed by atoms with Gasteiger partial charge in [0.25, 0.3) is 0 Å². The maximum absolute atomic E-state index is 6.19. The van der Waals surface area contributed by atoms with Crippen LogP contribution >= 0.6 is 19.8 Å². The lowest BCUT2D eigenvalue weighted by atomic mass is 10.2. The Morgan fingerprint density at radius 1 is 1.31 bits per heavy atom. The van der Waals surface area contributed by atoms with Crippen LogP contribution in [0.3, 0.4) is 0 Å². The number of hydrogen-bond donors (Lipinski definition) is 0. The van der Waals surface area contributed by atoms with Gasteiger partial charge in [-0.05, 0) is 19.3 Å². The van der Waals surface area contributed by atoms with Crippen LogP contribution in [0.2, 0.25) is 0 Å². The van der Waals surface area contributed by atoms with Crippen molar-refractivity contribution in [1.29, 1.82) is 0 Å². The number of unbranched alkanes of at least 4 members (excludes halogenated alkanes) is 1. The van der Waals surface area contributed by atoms with Crippen LogP contribution in [0.1, 0.15) is 19.3 Å². The molecular weight excluding hydrogens is 235 g/mol. The second kappa shape index (κ2) is 8.33. The summed E-state index contributed by atoms with van der Waals surface area (Å²) in [6.45, 7) is 3.63. The van der Waals surface area contributed by atoms with Gasteiger partial charge in [0, 0.05) is 10.1 Å². The highest BCUT2D eigenvalue weighted by molar-refractivity contribution is 7.53. The van der Waals surface area contributed by atoms with E-state index >= 15 is 0 Å². The standard InChI is InChI=1S/C14H16ClP/c1-2-3-4-5-9-12-14(15)16-13-10-7-6-8-11-13/h2-4,6-8,10-11H,1,5,9,12H2/b4-3+. The Balaban J connectivity index is 2.35. The van der Waals surface area contributed by atoms with Gasteiger partial charge in [-0.25, -0.2) is 0 Å². The van der Waals surface area contributed by atoms with Crippen molar-refractivity contribution in [2.24, 2.45) is 0 Å². The van der Waals surface area contributed by atoms with E-state index in [2.05, 4.69) is 24.8 Å². The van der Waals surface area contributed by atoms with Crippen LogP contribution in [0, 0.1) is 0 Å².